The number of aryl methyl sites for hydroxylation is 2. The van der Waals surface area contributed by atoms with E-state index in [2.05, 4.69) is 25.4 Å². The van der Waals surface area contributed by atoms with Gasteiger partial charge in [0, 0.05) is 7.05 Å². The van der Waals surface area contributed by atoms with Crippen molar-refractivity contribution in [2.75, 3.05) is 0 Å². The third kappa shape index (κ3) is 2.83. The Morgan fingerprint density at radius 2 is 2.27 bits per heavy atom. The van der Waals surface area contributed by atoms with Crippen LogP contribution < -0.4 is 5.32 Å². The Balaban J connectivity index is 1.68. The number of carbonyl (C=O) groups is 1. The minimum atomic E-state index is -0.182. The molecule has 7 heteroatoms. The number of benzene rings is 1. The van der Waals surface area contributed by atoms with Crippen LogP contribution in [0.1, 0.15) is 30.2 Å². The highest BCUT2D eigenvalue weighted by Crippen LogP contribution is 2.14. The quantitative estimate of drug-likeness (QED) is 0.762. The lowest BCUT2D eigenvalue weighted by Gasteiger charge is -2.13. The number of hydrogen-bond donors (Lipinski definition) is 2. The minimum absolute atomic E-state index is 0.0499. The number of rotatable bonds is 4. The van der Waals surface area contributed by atoms with Gasteiger partial charge in [0.2, 0.25) is 5.91 Å². The van der Waals surface area contributed by atoms with Crippen LogP contribution in [-0.4, -0.2) is 30.6 Å². The van der Waals surface area contributed by atoms with Crippen LogP contribution in [0.25, 0.3) is 11.0 Å². The van der Waals surface area contributed by atoms with Gasteiger partial charge in [-0.25, -0.2) is 9.97 Å². The molecule has 0 aliphatic rings. The Bertz CT molecular complexity index is 818. The maximum absolute atomic E-state index is 12.2. The van der Waals surface area contributed by atoms with Crippen LogP contribution >= 0.6 is 0 Å². The standard InChI is InChI=1S/C15H18N6O/c1-9(15-16-8-17-21(15)3)18-14(22)7-11-4-5-12-13(6-11)20-10(2)19-12/h4-6,8-9H,7H2,1-3H3,(H,18,22)(H,19,20)/t9-/m0/s1. The summed E-state index contributed by atoms with van der Waals surface area (Å²) >= 11 is 0. The summed E-state index contributed by atoms with van der Waals surface area (Å²) in [4.78, 5) is 23.8. The highest BCUT2D eigenvalue weighted by Gasteiger charge is 2.14. The van der Waals surface area contributed by atoms with Crippen LogP contribution in [0.3, 0.4) is 0 Å². The second-order valence-corrected chi connectivity index (χ2v) is 5.38. The van der Waals surface area contributed by atoms with Gasteiger partial charge in [-0.1, -0.05) is 6.07 Å². The second-order valence-electron chi connectivity index (χ2n) is 5.38. The number of H-pyrrole nitrogens is 1. The lowest BCUT2D eigenvalue weighted by molar-refractivity contribution is -0.121. The van der Waals surface area contributed by atoms with Crippen molar-refractivity contribution in [2.24, 2.45) is 7.05 Å². The lowest BCUT2D eigenvalue weighted by Crippen LogP contribution is -2.29. The minimum Gasteiger partial charge on any atom is -0.346 e. The van der Waals surface area contributed by atoms with E-state index < -0.39 is 0 Å². The average molecular weight is 298 g/mol. The number of nitrogens with one attached hydrogen (secondary N) is 2. The molecule has 3 aromatic rings. The number of fused-ring (bicyclic) bond motifs is 1. The molecule has 22 heavy (non-hydrogen) atoms. The topological polar surface area (TPSA) is 88.5 Å². The first kappa shape index (κ1) is 14.2. The van der Waals surface area contributed by atoms with Crippen LogP contribution in [0.2, 0.25) is 0 Å². The van der Waals surface area contributed by atoms with E-state index in [1.165, 1.54) is 6.33 Å². The van der Waals surface area contributed by atoms with Gasteiger partial charge in [-0.3, -0.25) is 9.48 Å². The molecule has 2 aromatic heterocycles. The molecule has 3 rings (SSSR count). The fourth-order valence-corrected chi connectivity index (χ4v) is 2.53. The van der Waals surface area contributed by atoms with E-state index >= 15 is 0 Å². The summed E-state index contributed by atoms with van der Waals surface area (Å²) in [6, 6.07) is 5.63. The molecule has 0 saturated heterocycles. The molecule has 0 unspecified atom stereocenters. The van der Waals surface area contributed by atoms with Crippen LogP contribution in [-0.2, 0) is 18.3 Å². The highest BCUT2D eigenvalue weighted by atomic mass is 16.1. The van der Waals surface area contributed by atoms with Crippen molar-refractivity contribution in [3.63, 3.8) is 0 Å². The molecule has 2 heterocycles. The number of carbonyl (C=O) groups excluding carboxylic acids is 1. The normalized spacial score (nSPS) is 12.5. The van der Waals surface area contributed by atoms with Crippen LogP contribution in [0, 0.1) is 6.92 Å². The number of imidazole rings is 1. The molecule has 0 bridgehead atoms. The highest BCUT2D eigenvalue weighted by molar-refractivity contribution is 5.81. The third-order valence-electron chi connectivity index (χ3n) is 3.54. The van der Waals surface area contributed by atoms with E-state index in [0.29, 0.717) is 6.42 Å². The number of amides is 1. The fraction of sp³-hybridized carbons (Fsp3) is 0.333. The van der Waals surface area contributed by atoms with Crippen molar-refractivity contribution < 1.29 is 4.79 Å². The summed E-state index contributed by atoms with van der Waals surface area (Å²) in [5, 5.41) is 6.95. The zero-order valence-corrected chi connectivity index (χ0v) is 12.8. The summed E-state index contributed by atoms with van der Waals surface area (Å²) in [7, 11) is 1.81. The summed E-state index contributed by atoms with van der Waals surface area (Å²) in [5.41, 5.74) is 2.80. The Labute approximate surface area is 127 Å². The van der Waals surface area contributed by atoms with Crippen molar-refractivity contribution in [1.29, 1.82) is 0 Å². The van der Waals surface area contributed by atoms with Gasteiger partial charge in [0.05, 0.1) is 23.5 Å². The molecule has 0 spiro atoms. The van der Waals surface area contributed by atoms with Gasteiger partial charge in [-0.05, 0) is 31.5 Å². The van der Waals surface area contributed by atoms with Crippen molar-refractivity contribution in [3.05, 3.63) is 41.7 Å². The van der Waals surface area contributed by atoms with E-state index in [9.17, 15) is 4.79 Å². The molecular weight excluding hydrogens is 280 g/mol. The first-order valence-electron chi connectivity index (χ1n) is 7.11. The van der Waals surface area contributed by atoms with E-state index in [0.717, 1.165) is 28.2 Å². The molecule has 1 atom stereocenters. The zero-order valence-electron chi connectivity index (χ0n) is 12.8. The van der Waals surface area contributed by atoms with E-state index in [1.54, 1.807) is 11.7 Å². The van der Waals surface area contributed by atoms with Crippen LogP contribution in [0.15, 0.2) is 24.5 Å². The predicted molar refractivity (Wildman–Crippen MR) is 82.1 cm³/mol. The van der Waals surface area contributed by atoms with E-state index in [-0.39, 0.29) is 11.9 Å². The van der Waals surface area contributed by atoms with E-state index in [4.69, 9.17) is 0 Å². The van der Waals surface area contributed by atoms with Gasteiger partial charge >= 0.3 is 0 Å². The van der Waals surface area contributed by atoms with Crippen molar-refractivity contribution in [3.8, 4) is 0 Å². The molecule has 1 aromatic carbocycles. The number of hydrogen-bond acceptors (Lipinski definition) is 4. The summed E-state index contributed by atoms with van der Waals surface area (Å²) in [6.07, 6.45) is 1.79. The monoisotopic (exact) mass is 298 g/mol. The van der Waals surface area contributed by atoms with Gasteiger partial charge in [-0.15, -0.1) is 0 Å². The molecule has 7 nitrogen and oxygen atoms in total. The molecule has 2 N–H and O–H groups in total. The maximum Gasteiger partial charge on any atom is 0.224 e. The van der Waals surface area contributed by atoms with Gasteiger partial charge in [0.15, 0.2) is 0 Å². The van der Waals surface area contributed by atoms with Crippen molar-refractivity contribution >= 4 is 16.9 Å². The molecular formula is C15H18N6O. The van der Waals surface area contributed by atoms with Crippen molar-refractivity contribution in [2.45, 2.75) is 26.3 Å². The maximum atomic E-state index is 12.2. The van der Waals surface area contributed by atoms with Crippen LogP contribution in [0.4, 0.5) is 0 Å². The summed E-state index contributed by atoms with van der Waals surface area (Å²) < 4.78 is 1.66. The molecule has 0 aliphatic heterocycles. The second kappa shape index (κ2) is 5.59. The van der Waals surface area contributed by atoms with Gasteiger partial charge < -0.3 is 10.3 Å². The van der Waals surface area contributed by atoms with E-state index in [1.807, 2.05) is 32.0 Å². The summed E-state index contributed by atoms with van der Waals surface area (Å²) in [5.74, 6) is 1.55. The number of nitrogens with zero attached hydrogens (tertiary/aromatic N) is 4. The average Bonchev–Trinajstić information content (AvgIpc) is 3.02. The molecule has 0 saturated carbocycles. The lowest BCUT2D eigenvalue weighted by atomic mass is 10.1. The van der Waals surface area contributed by atoms with Gasteiger partial charge in [0.25, 0.3) is 0 Å². The first-order chi connectivity index (χ1) is 10.5. The molecule has 0 aliphatic carbocycles. The number of aromatic amines is 1. The zero-order chi connectivity index (χ0) is 15.7. The SMILES string of the molecule is Cc1nc2ccc(CC(=O)N[C@@H](C)c3ncnn3C)cc2[nH]1. The van der Waals surface area contributed by atoms with Crippen molar-refractivity contribution in [1.82, 2.24) is 30.0 Å². The molecule has 0 fully saturated rings. The Hall–Kier alpha value is -2.70. The Kier molecular flexibility index (Phi) is 3.62. The van der Waals surface area contributed by atoms with Crippen LogP contribution in [0.5, 0.6) is 0 Å². The molecule has 0 radical (unpaired) electrons. The van der Waals surface area contributed by atoms with Gasteiger partial charge in [-0.2, -0.15) is 5.10 Å². The van der Waals surface area contributed by atoms with Gasteiger partial charge in [0.1, 0.15) is 18.0 Å². The summed E-state index contributed by atoms with van der Waals surface area (Å²) in [6.45, 7) is 3.80. The third-order valence-corrected chi connectivity index (χ3v) is 3.54. The Morgan fingerprint density at radius 1 is 1.45 bits per heavy atom. The largest absolute Gasteiger partial charge is 0.346 e. The Morgan fingerprint density at radius 3 is 3.00 bits per heavy atom. The molecule has 1 amide bonds. The predicted octanol–water partition coefficient (Wildman–Crippen LogP) is 1.42. The smallest absolute Gasteiger partial charge is 0.224 e. The first-order valence-corrected chi connectivity index (χ1v) is 7.11. The fourth-order valence-electron chi connectivity index (χ4n) is 2.53. The molecule has 114 valence electrons. The number of aromatic nitrogens is 5.